The topological polar surface area (TPSA) is 53.5 Å². The third kappa shape index (κ3) is 5.70. The van der Waals surface area contributed by atoms with Gasteiger partial charge < -0.3 is 5.32 Å². The molecule has 0 saturated carbocycles. The maximum absolute atomic E-state index is 11.5. The van der Waals surface area contributed by atoms with Crippen molar-refractivity contribution in [3.05, 3.63) is 30.3 Å². The fourth-order valence-electron chi connectivity index (χ4n) is 1.32. The largest absolute Gasteiger partial charge is 0.339 e. The van der Waals surface area contributed by atoms with E-state index in [0.29, 0.717) is 0 Å². The van der Waals surface area contributed by atoms with Crippen LogP contribution in [0.5, 0.6) is 0 Å². The van der Waals surface area contributed by atoms with Crippen molar-refractivity contribution in [2.24, 2.45) is 5.10 Å². The Morgan fingerprint density at radius 1 is 1.29 bits per heavy atom. The minimum atomic E-state index is -0.313. The van der Waals surface area contributed by atoms with Crippen LogP contribution in [0.4, 0.5) is 10.5 Å². The van der Waals surface area contributed by atoms with Crippen molar-refractivity contribution in [2.45, 2.75) is 33.1 Å². The van der Waals surface area contributed by atoms with E-state index in [0.717, 1.165) is 30.7 Å². The van der Waals surface area contributed by atoms with Crippen LogP contribution < -0.4 is 10.7 Å². The smallest absolute Gasteiger partial charge is 0.307 e. The summed E-state index contributed by atoms with van der Waals surface area (Å²) in [4.78, 5) is 11.5. The molecule has 0 aliphatic rings. The van der Waals surface area contributed by atoms with Crippen molar-refractivity contribution in [3.8, 4) is 0 Å². The number of anilines is 1. The van der Waals surface area contributed by atoms with Gasteiger partial charge in [-0.25, -0.2) is 10.2 Å². The fraction of sp³-hybridized carbons (Fsp3) is 0.385. The third-order valence-electron chi connectivity index (χ3n) is 2.27. The fourth-order valence-corrected chi connectivity index (χ4v) is 1.32. The van der Waals surface area contributed by atoms with Gasteiger partial charge in [0.1, 0.15) is 0 Å². The molecule has 0 aromatic heterocycles. The molecule has 1 aromatic carbocycles. The molecular formula is C13H19N3O. The molecule has 0 saturated heterocycles. The number of carbonyl (C=O) groups is 1. The van der Waals surface area contributed by atoms with Gasteiger partial charge in [0, 0.05) is 11.4 Å². The number of para-hydroxylation sites is 1. The molecule has 4 heteroatoms. The number of nitrogens with zero attached hydrogens (tertiary/aromatic N) is 1. The first-order chi connectivity index (χ1) is 8.22. The summed E-state index contributed by atoms with van der Waals surface area (Å²) in [6.45, 7) is 4.04. The number of benzene rings is 1. The van der Waals surface area contributed by atoms with Gasteiger partial charge in [0.15, 0.2) is 0 Å². The van der Waals surface area contributed by atoms with Crippen LogP contribution >= 0.6 is 0 Å². The minimum absolute atomic E-state index is 0.313. The van der Waals surface area contributed by atoms with Crippen LogP contribution in [0.25, 0.3) is 0 Å². The number of amides is 2. The van der Waals surface area contributed by atoms with E-state index in [1.54, 1.807) is 0 Å². The minimum Gasteiger partial charge on any atom is -0.307 e. The molecule has 0 radical (unpaired) electrons. The molecule has 1 aromatic rings. The number of hydrogen-bond acceptors (Lipinski definition) is 2. The number of hydrazone groups is 1. The number of rotatable bonds is 5. The van der Waals surface area contributed by atoms with Crippen LogP contribution in [0.3, 0.4) is 0 Å². The molecule has 0 aliphatic heterocycles. The Morgan fingerprint density at radius 3 is 2.65 bits per heavy atom. The van der Waals surface area contributed by atoms with Crippen LogP contribution in [0.1, 0.15) is 33.1 Å². The number of nitrogens with one attached hydrogen (secondary N) is 2. The predicted molar refractivity (Wildman–Crippen MR) is 71.2 cm³/mol. The van der Waals surface area contributed by atoms with Gasteiger partial charge in [-0.3, -0.25) is 0 Å². The second-order valence-electron chi connectivity index (χ2n) is 3.88. The van der Waals surface area contributed by atoms with Gasteiger partial charge in [-0.1, -0.05) is 31.5 Å². The van der Waals surface area contributed by atoms with E-state index in [4.69, 9.17) is 0 Å². The quantitative estimate of drug-likeness (QED) is 0.594. The molecule has 0 heterocycles. The van der Waals surface area contributed by atoms with E-state index in [1.807, 2.05) is 37.3 Å². The van der Waals surface area contributed by atoms with Crippen molar-refractivity contribution in [2.75, 3.05) is 5.32 Å². The molecule has 4 nitrogen and oxygen atoms in total. The summed E-state index contributed by atoms with van der Waals surface area (Å²) >= 11 is 0. The molecule has 0 atom stereocenters. The van der Waals surface area contributed by atoms with Crippen molar-refractivity contribution in [1.82, 2.24) is 5.43 Å². The van der Waals surface area contributed by atoms with Gasteiger partial charge in [0.2, 0.25) is 0 Å². The van der Waals surface area contributed by atoms with Crippen LogP contribution in [-0.4, -0.2) is 11.7 Å². The van der Waals surface area contributed by atoms with E-state index in [1.165, 1.54) is 0 Å². The Bertz CT molecular complexity index is 374. The molecule has 1 rings (SSSR count). The van der Waals surface area contributed by atoms with Crippen molar-refractivity contribution in [3.63, 3.8) is 0 Å². The molecule has 0 aliphatic carbocycles. The van der Waals surface area contributed by atoms with E-state index in [-0.39, 0.29) is 6.03 Å². The molecule has 0 unspecified atom stereocenters. The van der Waals surface area contributed by atoms with Gasteiger partial charge in [0.25, 0.3) is 0 Å². The lowest BCUT2D eigenvalue weighted by molar-refractivity contribution is 0.252. The summed E-state index contributed by atoms with van der Waals surface area (Å²) in [5, 5.41) is 6.71. The van der Waals surface area contributed by atoms with E-state index in [2.05, 4.69) is 22.8 Å². The Balaban J connectivity index is 2.35. The number of carbonyl (C=O) groups excluding carboxylic acids is 1. The summed E-state index contributed by atoms with van der Waals surface area (Å²) in [5.74, 6) is 0. The molecule has 2 N–H and O–H groups in total. The van der Waals surface area contributed by atoms with Crippen LogP contribution in [-0.2, 0) is 0 Å². The second-order valence-corrected chi connectivity index (χ2v) is 3.88. The van der Waals surface area contributed by atoms with Gasteiger partial charge in [-0.2, -0.15) is 5.10 Å². The second kappa shape index (κ2) is 7.44. The van der Waals surface area contributed by atoms with Crippen LogP contribution in [0.15, 0.2) is 35.4 Å². The highest BCUT2D eigenvalue weighted by atomic mass is 16.2. The number of urea groups is 1. The zero-order valence-corrected chi connectivity index (χ0v) is 10.4. The Hall–Kier alpha value is -1.84. The summed E-state index contributed by atoms with van der Waals surface area (Å²) < 4.78 is 0. The first-order valence-corrected chi connectivity index (χ1v) is 5.87. The van der Waals surface area contributed by atoms with Crippen LogP contribution in [0, 0.1) is 0 Å². The Labute approximate surface area is 102 Å². The van der Waals surface area contributed by atoms with Gasteiger partial charge in [-0.15, -0.1) is 0 Å². The van der Waals surface area contributed by atoms with Gasteiger partial charge in [0.05, 0.1) is 0 Å². The summed E-state index contributed by atoms with van der Waals surface area (Å²) in [5.41, 5.74) is 4.17. The highest BCUT2D eigenvalue weighted by Crippen LogP contribution is 2.04. The Kier molecular flexibility index (Phi) is 5.79. The predicted octanol–water partition coefficient (Wildman–Crippen LogP) is 3.37. The average Bonchev–Trinajstić information content (AvgIpc) is 2.35. The molecule has 17 heavy (non-hydrogen) atoms. The lowest BCUT2D eigenvalue weighted by Gasteiger charge is -2.04. The normalized spacial score (nSPS) is 11.1. The Morgan fingerprint density at radius 2 is 2.00 bits per heavy atom. The highest BCUT2D eigenvalue weighted by Gasteiger charge is 1.99. The number of hydrogen-bond donors (Lipinski definition) is 2. The molecule has 0 bridgehead atoms. The third-order valence-corrected chi connectivity index (χ3v) is 2.27. The standard InChI is InChI=1S/C13H19N3O/c1-3-4-8-11(2)15-16-13(17)14-12-9-6-5-7-10-12/h5-7,9-10H,3-4,8H2,1-2H3,(H2,14,16,17)/b15-11+. The van der Waals surface area contributed by atoms with Crippen LogP contribution in [0.2, 0.25) is 0 Å². The van der Waals surface area contributed by atoms with Crippen molar-refractivity contribution >= 4 is 17.4 Å². The first-order valence-electron chi connectivity index (χ1n) is 5.87. The zero-order chi connectivity index (χ0) is 12.5. The van der Waals surface area contributed by atoms with E-state index < -0.39 is 0 Å². The van der Waals surface area contributed by atoms with E-state index in [9.17, 15) is 4.79 Å². The summed E-state index contributed by atoms with van der Waals surface area (Å²) in [6, 6.07) is 8.97. The maximum Gasteiger partial charge on any atom is 0.339 e. The number of unbranched alkanes of at least 4 members (excludes halogenated alkanes) is 1. The highest BCUT2D eigenvalue weighted by molar-refractivity contribution is 5.90. The summed E-state index contributed by atoms with van der Waals surface area (Å²) in [7, 11) is 0. The maximum atomic E-state index is 11.5. The van der Waals surface area contributed by atoms with Gasteiger partial charge >= 0.3 is 6.03 Å². The SMILES string of the molecule is CCCC/C(C)=N/NC(=O)Nc1ccccc1. The van der Waals surface area contributed by atoms with Crippen molar-refractivity contribution in [1.29, 1.82) is 0 Å². The van der Waals surface area contributed by atoms with E-state index >= 15 is 0 Å². The molecular weight excluding hydrogens is 214 g/mol. The first kappa shape index (κ1) is 13.2. The molecule has 92 valence electrons. The monoisotopic (exact) mass is 233 g/mol. The van der Waals surface area contributed by atoms with Gasteiger partial charge in [-0.05, 0) is 31.9 Å². The molecule has 0 fully saturated rings. The summed E-state index contributed by atoms with van der Waals surface area (Å²) in [6.07, 6.45) is 3.14. The molecule has 2 amide bonds. The lowest BCUT2D eigenvalue weighted by Crippen LogP contribution is -2.25. The van der Waals surface area contributed by atoms with Crippen molar-refractivity contribution < 1.29 is 4.79 Å². The average molecular weight is 233 g/mol. The lowest BCUT2D eigenvalue weighted by atomic mass is 10.2. The zero-order valence-electron chi connectivity index (χ0n) is 10.4. The molecule has 0 spiro atoms.